The first-order valence-electron chi connectivity index (χ1n) is 12.1. The van der Waals surface area contributed by atoms with Crippen LogP contribution in [0.5, 0.6) is 11.5 Å². The first kappa shape index (κ1) is 32.6. The molecule has 0 aliphatic heterocycles. The third kappa shape index (κ3) is 7.27. The van der Waals surface area contributed by atoms with Gasteiger partial charge in [-0.2, -0.15) is 0 Å². The van der Waals surface area contributed by atoms with Crippen LogP contribution >= 0.6 is 95.6 Å². The summed E-state index contributed by atoms with van der Waals surface area (Å²) in [4.78, 5) is 25.7. The van der Waals surface area contributed by atoms with E-state index in [0.717, 1.165) is 31.2 Å². The van der Waals surface area contributed by atoms with E-state index < -0.39 is 17.4 Å². The molecule has 4 aromatic carbocycles. The molecule has 0 unspecified atom stereocenters. The van der Waals surface area contributed by atoms with Gasteiger partial charge in [0.15, 0.2) is 11.5 Å². The van der Waals surface area contributed by atoms with Gasteiger partial charge in [-0.15, -0.1) is 0 Å². The number of hydrogen-bond acceptors (Lipinski definition) is 4. The molecule has 41 heavy (non-hydrogen) atoms. The minimum Gasteiger partial charge on any atom is -0.421 e. The van der Waals surface area contributed by atoms with Crippen molar-refractivity contribution in [3.8, 4) is 11.5 Å². The Labute approximate surface area is 289 Å². The summed E-state index contributed by atoms with van der Waals surface area (Å²) in [5.41, 5.74) is 4.38. The molecule has 0 bridgehead atoms. The smallest absolute Gasteiger partial charge is 0.343 e. The van der Waals surface area contributed by atoms with E-state index in [1.807, 2.05) is 50.2 Å². The zero-order valence-electron chi connectivity index (χ0n) is 22.2. The van der Waals surface area contributed by atoms with Crippen molar-refractivity contribution in [1.29, 1.82) is 0 Å². The number of hydrogen-bond donors (Lipinski definition) is 0. The molecule has 0 saturated heterocycles. The van der Waals surface area contributed by atoms with Gasteiger partial charge in [0.05, 0.1) is 29.0 Å². The molecule has 4 aromatic rings. The maximum absolute atomic E-state index is 12.9. The summed E-state index contributed by atoms with van der Waals surface area (Å²) in [6, 6.07) is 18.4. The monoisotopic (exact) mass is 932 g/mol. The Morgan fingerprint density at radius 2 is 0.854 bits per heavy atom. The zero-order valence-corrected chi connectivity index (χ0v) is 31.7. The van der Waals surface area contributed by atoms with Crippen molar-refractivity contribution in [2.75, 3.05) is 0 Å². The molecule has 0 aliphatic rings. The number of benzene rings is 4. The first-order chi connectivity index (χ1) is 19.2. The van der Waals surface area contributed by atoms with Gasteiger partial charge in [0.1, 0.15) is 0 Å². The highest BCUT2D eigenvalue weighted by molar-refractivity contribution is 9.11. The van der Waals surface area contributed by atoms with Crippen molar-refractivity contribution >= 4 is 108 Å². The summed E-state index contributed by atoms with van der Waals surface area (Å²) in [6.07, 6.45) is 0. The van der Waals surface area contributed by atoms with E-state index in [2.05, 4.69) is 109 Å². The molecule has 0 amide bonds. The maximum Gasteiger partial charge on any atom is 0.343 e. The fourth-order valence-corrected chi connectivity index (χ4v) is 7.40. The van der Waals surface area contributed by atoms with Crippen molar-refractivity contribution in [2.45, 2.75) is 33.1 Å². The van der Waals surface area contributed by atoms with E-state index in [-0.39, 0.29) is 0 Å². The predicted octanol–water partition coefficient (Wildman–Crippen LogP) is 11.6. The Balaban J connectivity index is 1.60. The van der Waals surface area contributed by atoms with E-state index in [0.29, 0.717) is 40.5 Å². The minimum absolute atomic E-state index is 0.388. The van der Waals surface area contributed by atoms with Crippen LogP contribution in [0.1, 0.15) is 56.8 Å². The molecule has 4 nitrogen and oxygen atoms in total. The van der Waals surface area contributed by atoms with Crippen LogP contribution in [-0.2, 0) is 5.41 Å². The quantitative estimate of drug-likeness (QED) is 0.143. The maximum atomic E-state index is 12.9. The lowest BCUT2D eigenvalue weighted by Gasteiger charge is -2.28. The Morgan fingerprint density at radius 3 is 1.15 bits per heavy atom. The van der Waals surface area contributed by atoms with Gasteiger partial charge in [-0.1, -0.05) is 57.8 Å². The summed E-state index contributed by atoms with van der Waals surface area (Å²) in [6.45, 7) is 8.07. The van der Waals surface area contributed by atoms with Gasteiger partial charge in [0, 0.05) is 14.4 Å². The lowest BCUT2D eigenvalue weighted by atomic mass is 9.78. The highest BCUT2D eigenvalue weighted by Gasteiger charge is 2.28. The molecule has 0 aliphatic carbocycles. The molecule has 0 heterocycles. The number of esters is 2. The highest BCUT2D eigenvalue weighted by Crippen LogP contribution is 2.44. The number of ether oxygens (including phenoxy) is 2. The largest absolute Gasteiger partial charge is 0.421 e. The van der Waals surface area contributed by atoms with Crippen molar-refractivity contribution in [1.82, 2.24) is 0 Å². The number of carbonyl (C=O) groups excluding carboxylic acids is 2. The van der Waals surface area contributed by atoms with E-state index >= 15 is 0 Å². The molecule has 0 spiro atoms. The van der Waals surface area contributed by atoms with Crippen LogP contribution in [0.15, 0.2) is 87.5 Å². The van der Waals surface area contributed by atoms with Gasteiger partial charge in [-0.25, -0.2) is 9.59 Å². The zero-order chi connectivity index (χ0) is 30.2. The number of rotatable bonds is 6. The van der Waals surface area contributed by atoms with Crippen molar-refractivity contribution in [3.05, 3.63) is 121 Å². The average Bonchev–Trinajstić information content (AvgIpc) is 2.90. The van der Waals surface area contributed by atoms with Crippen LogP contribution < -0.4 is 9.47 Å². The van der Waals surface area contributed by atoms with E-state index in [9.17, 15) is 9.59 Å². The van der Waals surface area contributed by atoms with Gasteiger partial charge in [0.2, 0.25) is 0 Å². The topological polar surface area (TPSA) is 52.6 Å². The molecule has 212 valence electrons. The van der Waals surface area contributed by atoms with Crippen LogP contribution in [-0.4, -0.2) is 11.9 Å². The van der Waals surface area contributed by atoms with E-state index in [4.69, 9.17) is 9.47 Å². The highest BCUT2D eigenvalue weighted by atomic mass is 79.9. The third-order valence-corrected chi connectivity index (χ3v) is 10.7. The average molecular weight is 938 g/mol. The van der Waals surface area contributed by atoms with Crippen molar-refractivity contribution < 1.29 is 19.1 Å². The number of carbonyl (C=O) groups is 2. The normalized spacial score (nSPS) is 11.4. The number of halogens is 6. The molecule has 0 atom stereocenters. The molecule has 0 aromatic heterocycles. The van der Waals surface area contributed by atoms with Gasteiger partial charge in [-0.3, -0.25) is 0 Å². The second kappa shape index (κ2) is 13.1. The van der Waals surface area contributed by atoms with Crippen LogP contribution in [0.4, 0.5) is 0 Å². The van der Waals surface area contributed by atoms with Gasteiger partial charge in [-0.05, 0) is 148 Å². The van der Waals surface area contributed by atoms with Gasteiger partial charge in [0.25, 0.3) is 0 Å². The minimum atomic E-state index is -0.481. The Kier molecular flexibility index (Phi) is 10.5. The summed E-state index contributed by atoms with van der Waals surface area (Å²) in [5.74, 6) is -0.151. The molecular formula is C31H22Br6O4. The van der Waals surface area contributed by atoms with Gasteiger partial charge >= 0.3 is 11.9 Å². The molecule has 0 N–H and O–H groups in total. The molecular weight excluding hydrogens is 916 g/mol. The lowest BCUT2D eigenvalue weighted by molar-refractivity contribution is 0.0722. The fourth-order valence-electron chi connectivity index (χ4n) is 3.95. The fraction of sp³-hybridized carbons (Fsp3) is 0.161. The van der Waals surface area contributed by atoms with E-state index in [1.165, 1.54) is 0 Å². The number of aryl methyl sites for hydroxylation is 2. The first-order valence-corrected chi connectivity index (χ1v) is 16.9. The second-order valence-corrected chi connectivity index (χ2v) is 15.0. The van der Waals surface area contributed by atoms with E-state index in [1.54, 1.807) is 24.3 Å². The Bertz CT molecular complexity index is 1530. The standard InChI is InChI=1S/C31H22Br6O4/c1-15-5-7-17(9-21(15)32)29(38)40-27-23(34)11-19(12-24(27)35)31(3,4)20-13-25(36)28(26(37)14-20)41-30(39)18-8-6-16(2)22(33)10-18/h5-14H,1-4H3. The second-order valence-electron chi connectivity index (χ2n) is 9.87. The molecule has 10 heteroatoms. The van der Waals surface area contributed by atoms with Crippen molar-refractivity contribution in [3.63, 3.8) is 0 Å². The molecule has 0 saturated carbocycles. The molecule has 0 radical (unpaired) electrons. The van der Waals surface area contributed by atoms with Crippen molar-refractivity contribution in [2.24, 2.45) is 0 Å². The predicted molar refractivity (Wildman–Crippen MR) is 183 cm³/mol. The molecule has 4 rings (SSSR count). The summed E-state index contributed by atoms with van der Waals surface area (Å²) in [5, 5.41) is 0. The summed E-state index contributed by atoms with van der Waals surface area (Å²) >= 11 is 21.3. The summed E-state index contributed by atoms with van der Waals surface area (Å²) < 4.78 is 15.7. The SMILES string of the molecule is Cc1ccc(C(=O)Oc2c(Br)cc(C(C)(C)c3cc(Br)c(OC(=O)c4ccc(C)c(Br)c4)c(Br)c3)cc2Br)cc1Br. The van der Waals surface area contributed by atoms with Crippen LogP contribution in [0.25, 0.3) is 0 Å². The third-order valence-electron chi connectivity index (χ3n) is 6.64. The molecule has 0 fully saturated rings. The van der Waals surface area contributed by atoms with Crippen LogP contribution in [0, 0.1) is 13.8 Å². The summed E-state index contributed by atoms with van der Waals surface area (Å²) in [7, 11) is 0. The van der Waals surface area contributed by atoms with Crippen LogP contribution in [0.3, 0.4) is 0 Å². The lowest BCUT2D eigenvalue weighted by Crippen LogP contribution is -2.20. The Hall–Kier alpha value is -1.30. The van der Waals surface area contributed by atoms with Crippen LogP contribution in [0.2, 0.25) is 0 Å². The Morgan fingerprint density at radius 1 is 0.537 bits per heavy atom. The van der Waals surface area contributed by atoms with Gasteiger partial charge < -0.3 is 9.47 Å².